The molecule has 0 spiro atoms. The number of nitrogens with zero attached hydrogens (tertiary/aromatic N) is 2. The minimum atomic E-state index is 0.624. The normalized spacial score (nSPS) is 21.6. The van der Waals surface area contributed by atoms with Crippen molar-refractivity contribution < 1.29 is 0 Å². The Labute approximate surface area is 111 Å². The number of piperazine rings is 1. The Morgan fingerprint density at radius 3 is 2.44 bits per heavy atom. The van der Waals surface area contributed by atoms with Crippen molar-refractivity contribution in [2.45, 2.75) is 26.8 Å². The molecule has 2 N–H and O–H groups in total. The van der Waals surface area contributed by atoms with Gasteiger partial charge >= 0.3 is 0 Å². The molecule has 0 bridgehead atoms. The van der Waals surface area contributed by atoms with E-state index in [0.29, 0.717) is 6.04 Å². The van der Waals surface area contributed by atoms with Crippen molar-refractivity contribution >= 4 is 11.4 Å². The summed E-state index contributed by atoms with van der Waals surface area (Å²) in [6, 6.07) is 8.85. The molecule has 1 heterocycles. The number of rotatable bonds is 3. The van der Waals surface area contributed by atoms with Gasteiger partial charge in [-0.1, -0.05) is 13.8 Å². The third kappa shape index (κ3) is 3.16. The van der Waals surface area contributed by atoms with Crippen LogP contribution < -0.4 is 10.6 Å². The van der Waals surface area contributed by atoms with E-state index < -0.39 is 0 Å². The van der Waals surface area contributed by atoms with E-state index in [-0.39, 0.29) is 0 Å². The van der Waals surface area contributed by atoms with E-state index >= 15 is 0 Å². The number of nitrogen functional groups attached to an aromatic ring is 1. The van der Waals surface area contributed by atoms with Gasteiger partial charge in [0.15, 0.2) is 0 Å². The van der Waals surface area contributed by atoms with E-state index in [1.807, 2.05) is 12.1 Å². The summed E-state index contributed by atoms with van der Waals surface area (Å²) in [5.41, 5.74) is 7.86. The van der Waals surface area contributed by atoms with E-state index in [4.69, 9.17) is 5.73 Å². The van der Waals surface area contributed by atoms with E-state index in [9.17, 15) is 0 Å². The highest BCUT2D eigenvalue weighted by Crippen LogP contribution is 2.20. The lowest BCUT2D eigenvalue weighted by molar-refractivity contribution is 0.169. The molecule has 1 fully saturated rings. The predicted octanol–water partition coefficient (Wildman–Crippen LogP) is 2.44. The van der Waals surface area contributed by atoms with Gasteiger partial charge in [0.05, 0.1) is 0 Å². The standard InChI is InChI=1S/C15H25N3/c1-12(2)10-17-8-9-18(11-13(17)3)15-6-4-14(16)5-7-15/h4-7,12-13H,8-11,16H2,1-3H3/t13-/m0/s1. The van der Waals surface area contributed by atoms with Crippen LogP contribution >= 0.6 is 0 Å². The molecular formula is C15H25N3. The molecule has 100 valence electrons. The van der Waals surface area contributed by atoms with Gasteiger partial charge < -0.3 is 10.6 Å². The summed E-state index contributed by atoms with van der Waals surface area (Å²) < 4.78 is 0. The molecule has 1 aromatic rings. The highest BCUT2D eigenvalue weighted by molar-refractivity contribution is 5.53. The van der Waals surface area contributed by atoms with Crippen LogP contribution in [-0.2, 0) is 0 Å². The molecule has 0 saturated carbocycles. The average Bonchev–Trinajstić information content (AvgIpc) is 2.32. The Morgan fingerprint density at radius 1 is 1.22 bits per heavy atom. The van der Waals surface area contributed by atoms with Crippen LogP contribution in [0.5, 0.6) is 0 Å². The molecule has 0 aromatic heterocycles. The Balaban J connectivity index is 1.97. The van der Waals surface area contributed by atoms with Crippen LogP contribution in [0.1, 0.15) is 20.8 Å². The fourth-order valence-electron chi connectivity index (χ4n) is 2.66. The average molecular weight is 247 g/mol. The highest BCUT2D eigenvalue weighted by Gasteiger charge is 2.23. The Bertz CT molecular complexity index is 372. The zero-order valence-corrected chi connectivity index (χ0v) is 11.8. The molecule has 18 heavy (non-hydrogen) atoms. The number of nitrogens with two attached hydrogens (primary N) is 1. The number of hydrogen-bond acceptors (Lipinski definition) is 3. The first-order chi connectivity index (χ1) is 8.56. The molecule has 0 aliphatic carbocycles. The first kappa shape index (κ1) is 13.2. The van der Waals surface area contributed by atoms with Crippen LogP contribution in [0.3, 0.4) is 0 Å². The van der Waals surface area contributed by atoms with E-state index in [0.717, 1.165) is 31.2 Å². The van der Waals surface area contributed by atoms with Crippen molar-refractivity contribution in [3.05, 3.63) is 24.3 Å². The maximum absolute atomic E-state index is 5.73. The third-order valence-corrected chi connectivity index (χ3v) is 3.62. The number of anilines is 2. The first-order valence-electron chi connectivity index (χ1n) is 6.91. The molecule has 1 atom stereocenters. The number of benzene rings is 1. The molecule has 3 nitrogen and oxygen atoms in total. The summed E-state index contributed by atoms with van der Waals surface area (Å²) in [6.07, 6.45) is 0. The van der Waals surface area contributed by atoms with Crippen LogP contribution in [-0.4, -0.2) is 37.1 Å². The van der Waals surface area contributed by atoms with Crippen LogP contribution in [0.15, 0.2) is 24.3 Å². The molecule has 3 heteroatoms. The van der Waals surface area contributed by atoms with Crippen LogP contribution in [0.25, 0.3) is 0 Å². The Hall–Kier alpha value is -1.22. The maximum Gasteiger partial charge on any atom is 0.0368 e. The maximum atomic E-state index is 5.73. The van der Waals surface area contributed by atoms with Crippen molar-refractivity contribution in [1.29, 1.82) is 0 Å². The van der Waals surface area contributed by atoms with Crippen molar-refractivity contribution in [2.75, 3.05) is 36.8 Å². The van der Waals surface area contributed by atoms with Gasteiger partial charge in [-0.2, -0.15) is 0 Å². The van der Waals surface area contributed by atoms with Gasteiger partial charge in [-0.05, 0) is 37.1 Å². The van der Waals surface area contributed by atoms with Crippen molar-refractivity contribution in [1.82, 2.24) is 4.90 Å². The van der Waals surface area contributed by atoms with E-state index in [2.05, 4.69) is 42.7 Å². The van der Waals surface area contributed by atoms with Gasteiger partial charge in [-0.15, -0.1) is 0 Å². The van der Waals surface area contributed by atoms with Crippen molar-refractivity contribution in [3.63, 3.8) is 0 Å². The van der Waals surface area contributed by atoms with Crippen LogP contribution in [0.4, 0.5) is 11.4 Å². The summed E-state index contributed by atoms with van der Waals surface area (Å²) in [4.78, 5) is 5.05. The second-order valence-corrected chi connectivity index (χ2v) is 5.78. The topological polar surface area (TPSA) is 32.5 Å². The summed E-state index contributed by atoms with van der Waals surface area (Å²) in [5, 5.41) is 0. The first-order valence-corrected chi connectivity index (χ1v) is 6.91. The monoisotopic (exact) mass is 247 g/mol. The molecule has 2 rings (SSSR count). The van der Waals surface area contributed by atoms with Gasteiger partial charge in [0.25, 0.3) is 0 Å². The van der Waals surface area contributed by atoms with Crippen LogP contribution in [0.2, 0.25) is 0 Å². The minimum Gasteiger partial charge on any atom is -0.399 e. The molecule has 0 radical (unpaired) electrons. The molecule has 1 aromatic carbocycles. The molecular weight excluding hydrogens is 222 g/mol. The smallest absolute Gasteiger partial charge is 0.0368 e. The van der Waals surface area contributed by atoms with Gasteiger partial charge in [0.1, 0.15) is 0 Å². The Kier molecular flexibility index (Phi) is 4.12. The highest BCUT2D eigenvalue weighted by atomic mass is 15.3. The molecule has 1 aliphatic rings. The summed E-state index contributed by atoms with van der Waals surface area (Å²) >= 11 is 0. The van der Waals surface area contributed by atoms with Gasteiger partial charge in [0, 0.05) is 43.6 Å². The summed E-state index contributed by atoms with van der Waals surface area (Å²) in [6.45, 7) is 11.5. The molecule has 0 amide bonds. The van der Waals surface area contributed by atoms with Gasteiger partial charge in [-0.25, -0.2) is 0 Å². The fourth-order valence-corrected chi connectivity index (χ4v) is 2.66. The quantitative estimate of drug-likeness (QED) is 0.833. The predicted molar refractivity (Wildman–Crippen MR) is 78.9 cm³/mol. The second kappa shape index (κ2) is 5.61. The third-order valence-electron chi connectivity index (χ3n) is 3.62. The largest absolute Gasteiger partial charge is 0.399 e. The number of hydrogen-bond donors (Lipinski definition) is 1. The molecule has 1 aliphatic heterocycles. The zero-order chi connectivity index (χ0) is 13.1. The van der Waals surface area contributed by atoms with Crippen molar-refractivity contribution in [2.24, 2.45) is 5.92 Å². The van der Waals surface area contributed by atoms with E-state index in [1.54, 1.807) is 0 Å². The van der Waals surface area contributed by atoms with Crippen LogP contribution in [0, 0.1) is 5.92 Å². The van der Waals surface area contributed by atoms with Gasteiger partial charge in [-0.3, -0.25) is 4.90 Å². The second-order valence-electron chi connectivity index (χ2n) is 5.78. The lowest BCUT2D eigenvalue weighted by Gasteiger charge is -2.41. The van der Waals surface area contributed by atoms with Crippen molar-refractivity contribution in [3.8, 4) is 0 Å². The fraction of sp³-hybridized carbons (Fsp3) is 0.600. The minimum absolute atomic E-state index is 0.624. The summed E-state index contributed by atoms with van der Waals surface area (Å²) in [7, 11) is 0. The lowest BCUT2D eigenvalue weighted by atomic mass is 10.1. The lowest BCUT2D eigenvalue weighted by Crippen LogP contribution is -2.52. The van der Waals surface area contributed by atoms with Gasteiger partial charge in [0.2, 0.25) is 0 Å². The SMILES string of the molecule is CC(C)CN1CCN(c2ccc(N)cc2)C[C@@H]1C. The Morgan fingerprint density at radius 2 is 1.89 bits per heavy atom. The summed E-state index contributed by atoms with van der Waals surface area (Å²) in [5.74, 6) is 0.746. The molecule has 0 unspecified atom stereocenters. The van der Waals surface area contributed by atoms with E-state index in [1.165, 1.54) is 12.2 Å². The molecule has 1 saturated heterocycles. The zero-order valence-electron chi connectivity index (χ0n) is 11.8.